The summed E-state index contributed by atoms with van der Waals surface area (Å²) >= 11 is 0. The number of hydrogen-bond donors (Lipinski definition) is 2. The van der Waals surface area contributed by atoms with E-state index in [1.165, 1.54) is 43.5 Å². The molecule has 0 saturated carbocycles. The molecule has 1 unspecified atom stereocenters. The number of piperidine rings is 1. The van der Waals surface area contributed by atoms with E-state index >= 15 is 0 Å². The second-order valence-corrected chi connectivity index (χ2v) is 8.86. The average molecular weight is 400 g/mol. The zero-order chi connectivity index (χ0) is 20.1. The summed E-state index contributed by atoms with van der Waals surface area (Å²) < 4.78 is 0. The van der Waals surface area contributed by atoms with Crippen LogP contribution in [0.1, 0.15) is 43.2 Å². The SMILES string of the molecule is CN=C(NCc1ccc(CN2CCC(O)CC2)cc1)N1CCC(N2CCCC2)C1. The normalized spacial score (nSPS) is 25.1. The number of aliphatic hydroxyl groups excluding tert-OH is 1. The molecule has 1 aromatic rings. The monoisotopic (exact) mass is 399 g/mol. The molecule has 0 spiro atoms. The zero-order valence-corrected chi connectivity index (χ0v) is 17.9. The lowest BCUT2D eigenvalue weighted by Gasteiger charge is -2.29. The fourth-order valence-corrected chi connectivity index (χ4v) is 4.95. The van der Waals surface area contributed by atoms with Gasteiger partial charge < -0.3 is 15.3 Å². The van der Waals surface area contributed by atoms with Gasteiger partial charge in [0.2, 0.25) is 0 Å². The molecule has 0 bridgehead atoms. The van der Waals surface area contributed by atoms with Crippen LogP contribution < -0.4 is 5.32 Å². The molecule has 3 aliphatic heterocycles. The molecule has 4 rings (SSSR count). The second-order valence-electron chi connectivity index (χ2n) is 8.86. The van der Waals surface area contributed by atoms with Gasteiger partial charge >= 0.3 is 0 Å². The summed E-state index contributed by atoms with van der Waals surface area (Å²) in [6.45, 7) is 8.53. The van der Waals surface area contributed by atoms with Gasteiger partial charge in [0.1, 0.15) is 0 Å². The Morgan fingerprint density at radius 1 is 1.00 bits per heavy atom. The van der Waals surface area contributed by atoms with Crippen molar-refractivity contribution in [2.75, 3.05) is 46.3 Å². The Balaban J connectivity index is 1.23. The first-order chi connectivity index (χ1) is 14.2. The minimum absolute atomic E-state index is 0.102. The van der Waals surface area contributed by atoms with Crippen molar-refractivity contribution in [3.63, 3.8) is 0 Å². The van der Waals surface area contributed by atoms with Gasteiger partial charge in [-0.1, -0.05) is 24.3 Å². The third kappa shape index (κ3) is 5.50. The second kappa shape index (κ2) is 9.92. The highest BCUT2D eigenvalue weighted by Crippen LogP contribution is 2.20. The molecular weight excluding hydrogens is 362 g/mol. The van der Waals surface area contributed by atoms with Crippen molar-refractivity contribution in [1.29, 1.82) is 0 Å². The standard InChI is InChI=1S/C23H37N5O/c1-24-23(28-15-8-21(18-28)27-11-2-3-12-27)25-16-19-4-6-20(7-5-19)17-26-13-9-22(29)10-14-26/h4-7,21-22,29H,2-3,8-18H2,1H3,(H,24,25). The fraction of sp³-hybridized carbons (Fsp3) is 0.696. The topological polar surface area (TPSA) is 54.3 Å². The quantitative estimate of drug-likeness (QED) is 0.585. The van der Waals surface area contributed by atoms with E-state index in [2.05, 4.69) is 49.3 Å². The molecule has 0 radical (unpaired) electrons. The van der Waals surface area contributed by atoms with Crippen molar-refractivity contribution in [3.05, 3.63) is 35.4 Å². The smallest absolute Gasteiger partial charge is 0.193 e. The fourth-order valence-electron chi connectivity index (χ4n) is 4.95. The number of aliphatic imine (C=N–C) groups is 1. The number of hydrogen-bond acceptors (Lipinski definition) is 4. The van der Waals surface area contributed by atoms with Gasteiger partial charge in [0.15, 0.2) is 5.96 Å². The van der Waals surface area contributed by atoms with Crippen molar-refractivity contribution in [2.45, 2.75) is 57.3 Å². The summed E-state index contributed by atoms with van der Waals surface area (Å²) in [5.41, 5.74) is 2.64. The van der Waals surface area contributed by atoms with Crippen LogP contribution in [0, 0.1) is 0 Å². The first kappa shape index (κ1) is 20.6. The lowest BCUT2D eigenvalue weighted by molar-refractivity contribution is 0.0792. The van der Waals surface area contributed by atoms with Gasteiger partial charge in [-0.15, -0.1) is 0 Å². The predicted octanol–water partition coefficient (Wildman–Crippen LogP) is 1.89. The molecule has 3 fully saturated rings. The first-order valence-electron chi connectivity index (χ1n) is 11.4. The van der Waals surface area contributed by atoms with E-state index in [1.807, 2.05) is 7.05 Å². The van der Waals surface area contributed by atoms with Crippen molar-refractivity contribution in [2.24, 2.45) is 4.99 Å². The Labute approximate surface area is 175 Å². The molecule has 29 heavy (non-hydrogen) atoms. The summed E-state index contributed by atoms with van der Waals surface area (Å²) in [4.78, 5) is 12.1. The Hall–Kier alpha value is -1.63. The highest BCUT2D eigenvalue weighted by molar-refractivity contribution is 5.80. The Morgan fingerprint density at radius 3 is 2.38 bits per heavy atom. The summed E-state index contributed by atoms with van der Waals surface area (Å²) in [7, 11) is 1.89. The van der Waals surface area contributed by atoms with Crippen LogP contribution in [0.4, 0.5) is 0 Å². The highest BCUT2D eigenvalue weighted by Gasteiger charge is 2.30. The van der Waals surface area contributed by atoms with E-state index in [9.17, 15) is 5.11 Å². The summed E-state index contributed by atoms with van der Waals surface area (Å²) in [5, 5.41) is 13.2. The van der Waals surface area contributed by atoms with Gasteiger partial charge in [-0.3, -0.25) is 14.8 Å². The Bertz CT molecular complexity index is 662. The number of nitrogens with one attached hydrogen (secondary N) is 1. The number of guanidine groups is 1. The van der Waals surface area contributed by atoms with Crippen molar-refractivity contribution in [1.82, 2.24) is 20.0 Å². The zero-order valence-electron chi connectivity index (χ0n) is 17.9. The first-order valence-corrected chi connectivity index (χ1v) is 11.4. The van der Waals surface area contributed by atoms with Gasteiger partial charge in [-0.2, -0.15) is 0 Å². The number of likely N-dealkylation sites (tertiary alicyclic amines) is 3. The predicted molar refractivity (Wildman–Crippen MR) is 118 cm³/mol. The molecule has 3 heterocycles. The maximum absolute atomic E-state index is 9.65. The molecule has 6 nitrogen and oxygen atoms in total. The molecule has 1 aromatic carbocycles. The van der Waals surface area contributed by atoms with Crippen LogP contribution in [0.25, 0.3) is 0 Å². The number of rotatable bonds is 5. The summed E-state index contributed by atoms with van der Waals surface area (Å²) in [5.74, 6) is 1.03. The van der Waals surface area contributed by atoms with Crippen LogP contribution in [0.2, 0.25) is 0 Å². The molecule has 0 aromatic heterocycles. The van der Waals surface area contributed by atoms with E-state index in [4.69, 9.17) is 0 Å². The minimum Gasteiger partial charge on any atom is -0.393 e. The van der Waals surface area contributed by atoms with Gasteiger partial charge in [0, 0.05) is 52.4 Å². The molecule has 0 aliphatic carbocycles. The Kier molecular flexibility index (Phi) is 7.06. The van der Waals surface area contributed by atoms with Crippen LogP contribution in [-0.2, 0) is 13.1 Å². The number of aliphatic hydroxyl groups is 1. The summed E-state index contributed by atoms with van der Waals surface area (Å²) in [6, 6.07) is 9.64. The molecule has 160 valence electrons. The van der Waals surface area contributed by atoms with E-state index < -0.39 is 0 Å². The molecule has 3 aliphatic rings. The van der Waals surface area contributed by atoms with Crippen molar-refractivity contribution in [3.8, 4) is 0 Å². The van der Waals surface area contributed by atoms with Gasteiger partial charge in [0.05, 0.1) is 6.10 Å². The van der Waals surface area contributed by atoms with Crippen molar-refractivity contribution < 1.29 is 5.11 Å². The highest BCUT2D eigenvalue weighted by atomic mass is 16.3. The lowest BCUT2D eigenvalue weighted by Crippen LogP contribution is -2.42. The third-order valence-electron chi connectivity index (χ3n) is 6.77. The number of benzene rings is 1. The Morgan fingerprint density at radius 2 is 1.69 bits per heavy atom. The molecular formula is C23H37N5O. The maximum Gasteiger partial charge on any atom is 0.193 e. The van der Waals surface area contributed by atoms with E-state index in [0.29, 0.717) is 6.04 Å². The largest absolute Gasteiger partial charge is 0.393 e. The number of nitrogens with zero attached hydrogens (tertiary/aromatic N) is 4. The van der Waals surface area contributed by atoms with Crippen LogP contribution in [0.5, 0.6) is 0 Å². The van der Waals surface area contributed by atoms with Crippen LogP contribution in [-0.4, -0.2) is 84.2 Å². The minimum atomic E-state index is -0.102. The maximum atomic E-state index is 9.65. The molecule has 0 amide bonds. The van der Waals surface area contributed by atoms with Crippen molar-refractivity contribution >= 4 is 5.96 Å². The average Bonchev–Trinajstić information content (AvgIpc) is 3.43. The van der Waals surface area contributed by atoms with Gasteiger partial charge in [-0.05, 0) is 56.3 Å². The third-order valence-corrected chi connectivity index (χ3v) is 6.77. The lowest BCUT2D eigenvalue weighted by atomic mass is 10.1. The molecule has 6 heteroatoms. The molecule has 1 atom stereocenters. The van der Waals surface area contributed by atoms with E-state index in [0.717, 1.165) is 58.1 Å². The van der Waals surface area contributed by atoms with Gasteiger partial charge in [-0.25, -0.2) is 0 Å². The van der Waals surface area contributed by atoms with Crippen LogP contribution in [0.15, 0.2) is 29.3 Å². The van der Waals surface area contributed by atoms with Gasteiger partial charge in [0.25, 0.3) is 0 Å². The van der Waals surface area contributed by atoms with Crippen LogP contribution >= 0.6 is 0 Å². The van der Waals surface area contributed by atoms with Crippen LogP contribution in [0.3, 0.4) is 0 Å². The van der Waals surface area contributed by atoms with E-state index in [-0.39, 0.29) is 6.10 Å². The van der Waals surface area contributed by atoms with E-state index in [1.54, 1.807) is 0 Å². The summed E-state index contributed by atoms with van der Waals surface area (Å²) in [6.07, 6.45) is 5.67. The molecule has 2 N–H and O–H groups in total. The molecule has 3 saturated heterocycles.